The molecule has 30 heavy (non-hydrogen) atoms. The van der Waals surface area contributed by atoms with Crippen LogP contribution in [0.2, 0.25) is 0 Å². The fraction of sp³-hybridized carbons (Fsp3) is 0.435. The van der Waals surface area contributed by atoms with Crippen LogP contribution < -0.4 is 5.32 Å². The van der Waals surface area contributed by atoms with Crippen LogP contribution in [0.5, 0.6) is 0 Å². The van der Waals surface area contributed by atoms with E-state index in [1.165, 1.54) is 0 Å². The molecular formula is C23H24F4N2O. The van der Waals surface area contributed by atoms with E-state index in [2.05, 4.69) is 10.2 Å². The van der Waals surface area contributed by atoms with Gasteiger partial charge in [0.15, 0.2) is 0 Å². The summed E-state index contributed by atoms with van der Waals surface area (Å²) >= 11 is 0. The molecule has 1 amide bonds. The number of nitrogens with zero attached hydrogens (tertiary/aromatic N) is 1. The van der Waals surface area contributed by atoms with Gasteiger partial charge in [0.2, 0.25) is 0 Å². The molecule has 2 aromatic rings. The number of halogens is 4. The number of carbonyl (C=O) groups excluding carboxylic acids is 1. The summed E-state index contributed by atoms with van der Waals surface area (Å²) in [5.74, 6) is -1.61. The van der Waals surface area contributed by atoms with E-state index in [4.69, 9.17) is 0 Å². The van der Waals surface area contributed by atoms with Crippen molar-refractivity contribution in [3.8, 4) is 0 Å². The minimum absolute atomic E-state index is 0.407. The van der Waals surface area contributed by atoms with Crippen LogP contribution in [0, 0.1) is 11.7 Å². The smallest absolute Gasteiger partial charge is 0.343 e. The van der Waals surface area contributed by atoms with Crippen LogP contribution in [0.15, 0.2) is 48.5 Å². The van der Waals surface area contributed by atoms with E-state index in [1.54, 1.807) is 0 Å². The van der Waals surface area contributed by atoms with Crippen molar-refractivity contribution < 1.29 is 22.4 Å². The van der Waals surface area contributed by atoms with Crippen LogP contribution in [0.3, 0.4) is 0 Å². The van der Waals surface area contributed by atoms with Gasteiger partial charge in [0.25, 0.3) is 5.91 Å². The maximum atomic E-state index is 14.4. The Balaban J connectivity index is 1.75. The minimum Gasteiger partial charge on any atom is -0.343 e. The van der Waals surface area contributed by atoms with Crippen LogP contribution in [0.1, 0.15) is 53.2 Å². The summed E-state index contributed by atoms with van der Waals surface area (Å²) < 4.78 is 54.8. The Labute approximate surface area is 173 Å². The van der Waals surface area contributed by atoms with Gasteiger partial charge in [-0.05, 0) is 56.3 Å². The van der Waals surface area contributed by atoms with Crippen molar-refractivity contribution in [3.63, 3.8) is 0 Å². The first-order valence-corrected chi connectivity index (χ1v) is 10.1. The van der Waals surface area contributed by atoms with Crippen LogP contribution in [0.25, 0.3) is 0 Å². The normalized spacial score (nSPS) is 25.2. The van der Waals surface area contributed by atoms with Gasteiger partial charge in [-0.2, -0.15) is 13.2 Å². The summed E-state index contributed by atoms with van der Waals surface area (Å²) in [6.45, 7) is 0.882. The van der Waals surface area contributed by atoms with Gasteiger partial charge in [0, 0.05) is 12.1 Å². The molecule has 3 nitrogen and oxygen atoms in total. The van der Waals surface area contributed by atoms with Crippen LogP contribution in [-0.2, 0) is 6.18 Å². The van der Waals surface area contributed by atoms with Crippen molar-refractivity contribution in [1.29, 1.82) is 0 Å². The van der Waals surface area contributed by atoms with Crippen molar-refractivity contribution in [1.82, 2.24) is 10.2 Å². The average Bonchev–Trinajstić information content (AvgIpc) is 2.72. The van der Waals surface area contributed by atoms with Crippen molar-refractivity contribution in [3.05, 3.63) is 71.0 Å². The summed E-state index contributed by atoms with van der Waals surface area (Å²) in [6.07, 6.45) is -1.14. The zero-order valence-electron chi connectivity index (χ0n) is 16.7. The number of carbonyl (C=O) groups is 1. The molecule has 3 aliphatic rings. The van der Waals surface area contributed by atoms with Gasteiger partial charge in [0.1, 0.15) is 5.82 Å². The molecule has 1 atom stereocenters. The molecule has 2 aromatic carbocycles. The van der Waals surface area contributed by atoms with Crippen molar-refractivity contribution in [2.75, 3.05) is 13.6 Å². The van der Waals surface area contributed by atoms with E-state index in [9.17, 15) is 22.4 Å². The lowest BCUT2D eigenvalue weighted by Gasteiger charge is -2.57. The number of nitrogens with one attached hydrogen (secondary N) is 1. The standard InChI is InChI=1S/C23H24F4N2O/c1-29-14-15-10-12-22(29,13-11-15)20(16-6-3-2-4-7-16)28-21(30)19-17(23(25,26)27)8-5-9-18(19)24/h2-9,15,20H,10-14H2,1H3,(H,28,30). The lowest BCUT2D eigenvalue weighted by molar-refractivity contribution is -0.138. The van der Waals surface area contributed by atoms with Crippen LogP contribution in [0.4, 0.5) is 17.6 Å². The fourth-order valence-electron chi connectivity index (χ4n) is 5.19. The molecule has 5 rings (SSSR count). The molecule has 1 unspecified atom stereocenters. The number of alkyl halides is 3. The van der Waals surface area contributed by atoms with Gasteiger partial charge < -0.3 is 5.32 Å². The third-order valence-corrected chi connectivity index (χ3v) is 6.76. The predicted octanol–water partition coefficient (Wildman–Crippen LogP) is 5.19. The summed E-state index contributed by atoms with van der Waals surface area (Å²) in [7, 11) is 2.00. The van der Waals surface area contributed by atoms with Crippen molar-refractivity contribution in [2.24, 2.45) is 5.92 Å². The predicted molar refractivity (Wildman–Crippen MR) is 105 cm³/mol. The van der Waals surface area contributed by atoms with Gasteiger partial charge in [-0.25, -0.2) is 4.39 Å². The number of hydrogen-bond donors (Lipinski definition) is 1. The van der Waals surface area contributed by atoms with E-state index in [0.29, 0.717) is 5.92 Å². The first-order valence-electron chi connectivity index (χ1n) is 10.1. The van der Waals surface area contributed by atoms with Gasteiger partial charge in [-0.3, -0.25) is 9.69 Å². The maximum Gasteiger partial charge on any atom is 0.417 e. The number of piperidine rings is 2. The summed E-state index contributed by atoms with van der Waals surface area (Å²) in [5, 5.41) is 2.80. The van der Waals surface area contributed by atoms with E-state index < -0.39 is 40.6 Å². The first kappa shape index (κ1) is 20.8. The minimum atomic E-state index is -4.82. The molecule has 2 heterocycles. The number of benzene rings is 2. The molecule has 1 N–H and O–H groups in total. The molecule has 2 saturated heterocycles. The monoisotopic (exact) mass is 420 g/mol. The van der Waals surface area contributed by atoms with Crippen molar-refractivity contribution >= 4 is 5.91 Å². The van der Waals surface area contributed by atoms with E-state index >= 15 is 0 Å². The van der Waals surface area contributed by atoms with Crippen molar-refractivity contribution in [2.45, 2.75) is 43.4 Å². The second-order valence-corrected chi connectivity index (χ2v) is 8.40. The molecule has 0 spiro atoms. The van der Waals surface area contributed by atoms with Gasteiger partial charge in [-0.1, -0.05) is 36.4 Å². The summed E-state index contributed by atoms with van der Waals surface area (Å²) in [5.41, 5.74) is -1.81. The second-order valence-electron chi connectivity index (χ2n) is 8.40. The highest BCUT2D eigenvalue weighted by molar-refractivity contribution is 5.96. The number of hydrogen-bond acceptors (Lipinski definition) is 2. The average molecular weight is 420 g/mol. The Hall–Kier alpha value is -2.41. The Morgan fingerprint density at radius 1 is 1.10 bits per heavy atom. The molecule has 0 aromatic heterocycles. The Morgan fingerprint density at radius 2 is 1.77 bits per heavy atom. The highest BCUT2D eigenvalue weighted by Crippen LogP contribution is 2.49. The highest BCUT2D eigenvalue weighted by Gasteiger charge is 2.50. The molecule has 2 aliphatic heterocycles. The molecule has 1 saturated carbocycles. The molecule has 160 valence electrons. The highest BCUT2D eigenvalue weighted by atomic mass is 19.4. The van der Waals surface area contributed by atoms with Crippen LogP contribution in [-0.4, -0.2) is 29.9 Å². The number of fused-ring (bicyclic) bond motifs is 3. The molecule has 2 bridgehead atoms. The largest absolute Gasteiger partial charge is 0.417 e. The Morgan fingerprint density at radius 3 is 2.37 bits per heavy atom. The quantitative estimate of drug-likeness (QED) is 0.691. The summed E-state index contributed by atoms with van der Waals surface area (Å²) in [6, 6.07) is 11.3. The summed E-state index contributed by atoms with van der Waals surface area (Å²) in [4.78, 5) is 15.3. The van der Waals surface area contributed by atoms with Gasteiger partial charge in [0.05, 0.1) is 17.2 Å². The lowest BCUT2D eigenvalue weighted by Crippen LogP contribution is -2.62. The van der Waals surface area contributed by atoms with E-state index in [-0.39, 0.29) is 0 Å². The van der Waals surface area contributed by atoms with E-state index in [0.717, 1.165) is 56.0 Å². The fourth-order valence-corrected chi connectivity index (χ4v) is 5.19. The number of rotatable bonds is 4. The third-order valence-electron chi connectivity index (χ3n) is 6.76. The number of amides is 1. The zero-order valence-corrected chi connectivity index (χ0v) is 16.7. The van der Waals surface area contributed by atoms with Gasteiger partial charge >= 0.3 is 6.18 Å². The Kier molecular flexibility index (Phi) is 5.34. The Bertz CT molecular complexity index is 921. The topological polar surface area (TPSA) is 32.3 Å². The SMILES string of the molecule is CN1CC2CCC1(C(NC(=O)c1c(F)cccc1C(F)(F)F)c1ccccc1)CC2. The second kappa shape index (κ2) is 7.69. The lowest BCUT2D eigenvalue weighted by atomic mass is 9.65. The first-order chi connectivity index (χ1) is 14.2. The molecule has 1 aliphatic carbocycles. The number of likely N-dealkylation sites (N-methyl/N-ethyl adjacent to an activating group) is 1. The van der Waals surface area contributed by atoms with E-state index in [1.807, 2.05) is 37.4 Å². The third kappa shape index (κ3) is 3.60. The van der Waals surface area contributed by atoms with Crippen LogP contribution >= 0.6 is 0 Å². The van der Waals surface area contributed by atoms with Gasteiger partial charge in [-0.15, -0.1) is 0 Å². The molecule has 7 heteroatoms. The maximum absolute atomic E-state index is 14.4. The molecular weight excluding hydrogens is 396 g/mol. The molecule has 3 fully saturated rings. The zero-order chi connectivity index (χ0) is 21.5. The molecule has 0 radical (unpaired) electrons.